The molecule has 2 aromatic carbocycles. The summed E-state index contributed by atoms with van der Waals surface area (Å²) in [5, 5.41) is 12.1. The van der Waals surface area contributed by atoms with E-state index in [9.17, 15) is 14.4 Å². The predicted octanol–water partition coefficient (Wildman–Crippen LogP) is 4.41. The van der Waals surface area contributed by atoms with Gasteiger partial charge >= 0.3 is 12.1 Å². The van der Waals surface area contributed by atoms with E-state index >= 15 is 0 Å². The normalized spacial score (nSPS) is 19.4. The van der Waals surface area contributed by atoms with E-state index in [1.165, 1.54) is 16.0 Å². The maximum Gasteiger partial charge on any atom is 0.407 e. The first kappa shape index (κ1) is 23.8. The van der Waals surface area contributed by atoms with Crippen LogP contribution in [-0.2, 0) is 14.3 Å². The maximum absolute atomic E-state index is 13.1. The third-order valence-electron chi connectivity index (χ3n) is 7.00. The van der Waals surface area contributed by atoms with Gasteiger partial charge in [-0.3, -0.25) is 9.59 Å². The van der Waals surface area contributed by atoms with Crippen LogP contribution in [0.15, 0.2) is 48.5 Å². The molecule has 0 saturated heterocycles. The molecule has 0 aromatic heterocycles. The highest BCUT2D eigenvalue weighted by Crippen LogP contribution is 2.44. The molecule has 2 atom stereocenters. The Morgan fingerprint density at radius 3 is 2.21 bits per heavy atom. The second kappa shape index (κ2) is 10.7. The molecule has 0 bridgehead atoms. The molecule has 0 unspecified atom stereocenters. The van der Waals surface area contributed by atoms with Crippen LogP contribution in [0.4, 0.5) is 4.79 Å². The van der Waals surface area contributed by atoms with E-state index < -0.39 is 18.0 Å². The predicted molar refractivity (Wildman–Crippen MR) is 128 cm³/mol. The first-order chi connectivity index (χ1) is 16.5. The Hall–Kier alpha value is -3.35. The minimum atomic E-state index is -1.04. The first-order valence-corrected chi connectivity index (χ1v) is 12.1. The van der Waals surface area contributed by atoms with Gasteiger partial charge in [0, 0.05) is 18.5 Å². The number of amides is 2. The van der Waals surface area contributed by atoms with Crippen molar-refractivity contribution in [2.45, 2.75) is 51.0 Å². The lowest BCUT2D eigenvalue weighted by Crippen LogP contribution is -2.49. The van der Waals surface area contributed by atoms with E-state index in [0.717, 1.165) is 30.4 Å². The molecule has 2 amide bonds. The van der Waals surface area contributed by atoms with Gasteiger partial charge in [0.25, 0.3) is 0 Å². The topological polar surface area (TPSA) is 95.9 Å². The fourth-order valence-corrected chi connectivity index (χ4v) is 5.31. The summed E-state index contributed by atoms with van der Waals surface area (Å²) in [4.78, 5) is 38.5. The molecule has 0 heterocycles. The molecule has 0 aliphatic heterocycles. The van der Waals surface area contributed by atoms with Crippen LogP contribution in [0.3, 0.4) is 0 Å². The van der Waals surface area contributed by atoms with Gasteiger partial charge in [0.05, 0.1) is 5.92 Å². The smallest absolute Gasteiger partial charge is 0.407 e. The van der Waals surface area contributed by atoms with Gasteiger partial charge in [-0.1, -0.05) is 67.8 Å². The number of hydrogen-bond donors (Lipinski definition) is 2. The van der Waals surface area contributed by atoms with Crippen LogP contribution < -0.4 is 5.32 Å². The van der Waals surface area contributed by atoms with E-state index in [2.05, 4.69) is 29.6 Å². The number of carboxylic acids is 1. The molecule has 2 aliphatic rings. The van der Waals surface area contributed by atoms with Crippen LogP contribution in [0, 0.1) is 5.92 Å². The fraction of sp³-hybridized carbons (Fsp3) is 0.444. The number of hydrogen-bond acceptors (Lipinski definition) is 4. The fourth-order valence-electron chi connectivity index (χ4n) is 5.31. The number of nitrogens with one attached hydrogen (secondary N) is 1. The second-order valence-electron chi connectivity index (χ2n) is 9.07. The highest BCUT2D eigenvalue weighted by molar-refractivity contribution is 5.84. The van der Waals surface area contributed by atoms with Gasteiger partial charge in [-0.2, -0.15) is 0 Å². The lowest BCUT2D eigenvalue weighted by molar-refractivity contribution is -0.146. The molecule has 2 aromatic rings. The van der Waals surface area contributed by atoms with Crippen LogP contribution in [0.5, 0.6) is 0 Å². The maximum atomic E-state index is 13.1. The number of rotatable bonds is 7. The summed E-state index contributed by atoms with van der Waals surface area (Å²) in [6, 6.07) is 16.0. The monoisotopic (exact) mass is 464 g/mol. The molecule has 34 heavy (non-hydrogen) atoms. The van der Waals surface area contributed by atoms with Crippen molar-refractivity contribution >= 4 is 18.0 Å². The number of benzene rings is 2. The van der Waals surface area contributed by atoms with Gasteiger partial charge in [-0.05, 0) is 42.0 Å². The SMILES string of the molecule is CCN(CC(=O)O)C(=O)[C@H]1CCCCC[C@H]1NC(=O)OCC1c2ccccc2-c2ccccc21. The van der Waals surface area contributed by atoms with Gasteiger partial charge in [0.15, 0.2) is 0 Å². The molecule has 1 saturated carbocycles. The third-order valence-corrected chi connectivity index (χ3v) is 7.00. The average Bonchev–Trinajstić information content (AvgIpc) is 2.97. The first-order valence-electron chi connectivity index (χ1n) is 12.1. The Bertz CT molecular complexity index is 1010. The zero-order valence-corrected chi connectivity index (χ0v) is 19.5. The van der Waals surface area contributed by atoms with Crippen LogP contribution in [-0.4, -0.2) is 53.7 Å². The molecule has 180 valence electrons. The molecule has 7 nitrogen and oxygen atoms in total. The van der Waals surface area contributed by atoms with Gasteiger partial charge in [0.1, 0.15) is 13.2 Å². The van der Waals surface area contributed by atoms with E-state index in [1.807, 2.05) is 24.3 Å². The summed E-state index contributed by atoms with van der Waals surface area (Å²) >= 11 is 0. The molecular formula is C27H32N2O5. The largest absolute Gasteiger partial charge is 0.480 e. The molecule has 0 spiro atoms. The van der Waals surface area contributed by atoms with Crippen molar-refractivity contribution in [1.82, 2.24) is 10.2 Å². The van der Waals surface area contributed by atoms with Crippen LogP contribution in [0.2, 0.25) is 0 Å². The zero-order chi connectivity index (χ0) is 24.1. The third kappa shape index (κ3) is 5.08. The molecular weight excluding hydrogens is 432 g/mol. The number of fused-ring (bicyclic) bond motifs is 3. The second-order valence-corrected chi connectivity index (χ2v) is 9.07. The standard InChI is InChI=1S/C27H32N2O5/c1-2-29(16-25(30)31)26(32)22-14-4-3-5-15-24(22)28-27(33)34-17-23-20-12-8-6-10-18(20)19-11-7-9-13-21(19)23/h6-13,22-24H,2-5,14-17H2,1H3,(H,28,33)(H,30,31)/t22-,24+/m0/s1. The average molecular weight is 465 g/mol. The highest BCUT2D eigenvalue weighted by atomic mass is 16.5. The summed E-state index contributed by atoms with van der Waals surface area (Å²) in [5.74, 6) is -1.72. The van der Waals surface area contributed by atoms with Crippen molar-refractivity contribution in [2.24, 2.45) is 5.92 Å². The van der Waals surface area contributed by atoms with Crippen LogP contribution in [0.25, 0.3) is 11.1 Å². The van der Waals surface area contributed by atoms with Crippen LogP contribution >= 0.6 is 0 Å². The van der Waals surface area contributed by atoms with Crippen molar-refractivity contribution < 1.29 is 24.2 Å². The van der Waals surface area contributed by atoms with Crippen molar-refractivity contribution in [2.75, 3.05) is 19.7 Å². The van der Waals surface area contributed by atoms with E-state index in [4.69, 9.17) is 9.84 Å². The Morgan fingerprint density at radius 1 is 0.971 bits per heavy atom. The quantitative estimate of drug-likeness (QED) is 0.592. The summed E-state index contributed by atoms with van der Waals surface area (Å²) in [5.41, 5.74) is 4.62. The summed E-state index contributed by atoms with van der Waals surface area (Å²) in [6.45, 7) is 1.97. The highest BCUT2D eigenvalue weighted by Gasteiger charge is 2.35. The Kier molecular flexibility index (Phi) is 7.50. The van der Waals surface area contributed by atoms with E-state index in [1.54, 1.807) is 6.92 Å². The van der Waals surface area contributed by atoms with Crippen LogP contribution in [0.1, 0.15) is 56.1 Å². The van der Waals surface area contributed by atoms with Gasteiger partial charge in [-0.15, -0.1) is 0 Å². The zero-order valence-electron chi connectivity index (χ0n) is 19.5. The van der Waals surface area contributed by atoms with Gasteiger partial charge in [0.2, 0.25) is 5.91 Å². The molecule has 1 fully saturated rings. The number of aliphatic carboxylic acids is 1. The number of nitrogens with zero attached hydrogens (tertiary/aromatic N) is 1. The van der Waals surface area contributed by atoms with Gasteiger partial charge < -0.3 is 20.1 Å². The molecule has 2 aliphatic carbocycles. The number of carboxylic acid groups (broad SMARTS) is 1. The van der Waals surface area contributed by atoms with Crippen molar-refractivity contribution in [3.8, 4) is 11.1 Å². The van der Waals surface area contributed by atoms with Crippen molar-refractivity contribution in [3.05, 3.63) is 59.7 Å². The molecule has 2 N–H and O–H groups in total. The number of alkyl carbamates (subject to hydrolysis) is 1. The van der Waals surface area contributed by atoms with Crippen molar-refractivity contribution in [3.63, 3.8) is 0 Å². The van der Waals surface area contributed by atoms with Crippen molar-refractivity contribution in [1.29, 1.82) is 0 Å². The number of carbonyl (C=O) groups excluding carboxylic acids is 2. The Morgan fingerprint density at radius 2 is 1.59 bits per heavy atom. The number of ether oxygens (including phenoxy) is 1. The molecule has 7 heteroatoms. The summed E-state index contributed by atoms with van der Waals surface area (Å²) in [7, 11) is 0. The summed E-state index contributed by atoms with van der Waals surface area (Å²) in [6.07, 6.45) is 3.53. The van der Waals surface area contributed by atoms with E-state index in [-0.39, 0.29) is 31.0 Å². The van der Waals surface area contributed by atoms with E-state index in [0.29, 0.717) is 19.4 Å². The Labute approximate surface area is 200 Å². The number of carbonyl (C=O) groups is 3. The molecule has 4 rings (SSSR count). The lowest BCUT2D eigenvalue weighted by Gasteiger charge is -2.30. The minimum absolute atomic E-state index is 0.0316. The Balaban J connectivity index is 1.43. The molecule has 0 radical (unpaired) electrons. The summed E-state index contributed by atoms with van der Waals surface area (Å²) < 4.78 is 5.69. The minimum Gasteiger partial charge on any atom is -0.480 e. The van der Waals surface area contributed by atoms with Gasteiger partial charge in [-0.25, -0.2) is 4.79 Å². The lowest BCUT2D eigenvalue weighted by atomic mass is 9.93. The number of likely N-dealkylation sites (N-methyl/N-ethyl adjacent to an activating group) is 1.